The number of hydrogen-bond acceptors (Lipinski definition) is 0. The Bertz CT molecular complexity index is 8.00. The molecule has 0 aliphatic rings. The molecule has 0 spiro atoms. The molecule has 0 nitrogen and oxygen atoms in total. The first-order valence-electron chi connectivity index (χ1n) is 0. The monoisotopic (exact) mass is 131 g/mol. The van der Waals surface area contributed by atoms with Crippen LogP contribution in [0.25, 0.3) is 0 Å². The van der Waals surface area contributed by atoms with Gasteiger partial charge in [0.15, 0.2) is 0 Å². The molecule has 0 amide bonds. The van der Waals surface area contributed by atoms with Crippen molar-refractivity contribution in [2.24, 2.45) is 0 Å². The van der Waals surface area contributed by atoms with Crippen LogP contribution in [0.4, 0.5) is 0 Å². The van der Waals surface area contributed by atoms with Gasteiger partial charge in [-0.1, -0.05) is 0 Å². The first-order chi connectivity index (χ1) is 0. The molecule has 25 valence electrons. The Morgan fingerprint density at radius 2 is 1.00 bits per heavy atom. The SMILES string of the molecule is P.S.[Fe].[Li]. The van der Waals surface area contributed by atoms with Crippen LogP contribution in [0.3, 0.4) is 0 Å². The third kappa shape index (κ3) is 9.09. The van der Waals surface area contributed by atoms with Gasteiger partial charge in [0.05, 0.1) is 0 Å². The second kappa shape index (κ2) is 20.7. The van der Waals surface area contributed by atoms with E-state index < -0.39 is 0 Å². The van der Waals surface area contributed by atoms with Crippen LogP contribution in [-0.4, -0.2) is 18.9 Å². The molecular formula is H5FeLiPS. The molecular weight excluding hydrogens is 126 g/mol. The van der Waals surface area contributed by atoms with E-state index >= 15 is 0 Å². The van der Waals surface area contributed by atoms with Crippen molar-refractivity contribution in [3.05, 3.63) is 0 Å². The predicted octanol–water partition coefficient (Wildman–Crippen LogP) is -0.212. The third-order valence-corrected chi connectivity index (χ3v) is 0. The van der Waals surface area contributed by atoms with Crippen molar-refractivity contribution < 1.29 is 17.1 Å². The third-order valence-electron chi connectivity index (χ3n) is 0. The summed E-state index contributed by atoms with van der Waals surface area (Å²) in [5.74, 6) is 0. The number of rotatable bonds is 0. The fourth-order valence-electron chi connectivity index (χ4n) is 0. The Morgan fingerprint density at radius 3 is 1.00 bits per heavy atom. The summed E-state index contributed by atoms with van der Waals surface area (Å²) >= 11 is 0. The molecule has 0 heterocycles. The van der Waals surface area contributed by atoms with Crippen LogP contribution in [0.2, 0.25) is 0 Å². The summed E-state index contributed by atoms with van der Waals surface area (Å²) in [6.07, 6.45) is 0. The molecule has 0 fully saturated rings. The van der Waals surface area contributed by atoms with Gasteiger partial charge in [-0.3, -0.25) is 0 Å². The molecule has 0 bridgehead atoms. The van der Waals surface area contributed by atoms with Crippen LogP contribution in [-0.2, 0) is 17.1 Å². The van der Waals surface area contributed by atoms with Crippen molar-refractivity contribution in [3.8, 4) is 0 Å². The molecule has 0 aromatic rings. The Kier molecular flexibility index (Phi) is 203. The largest absolute Gasteiger partial charge is 0.197 e. The van der Waals surface area contributed by atoms with Gasteiger partial charge >= 0.3 is 0 Å². The van der Waals surface area contributed by atoms with Crippen LogP contribution < -0.4 is 0 Å². The molecule has 0 aromatic heterocycles. The fourth-order valence-corrected chi connectivity index (χ4v) is 0. The van der Waals surface area contributed by atoms with E-state index in [4.69, 9.17) is 0 Å². The van der Waals surface area contributed by atoms with Crippen LogP contribution >= 0.6 is 23.4 Å². The van der Waals surface area contributed by atoms with E-state index in [0.717, 1.165) is 0 Å². The molecule has 1 atom stereocenters. The Hall–Kier alpha value is 1.90. The minimum Gasteiger partial charge on any atom is -0.197 e. The average molecular weight is 131 g/mol. The van der Waals surface area contributed by atoms with Gasteiger partial charge < -0.3 is 0 Å². The zero-order chi connectivity index (χ0) is 0. The summed E-state index contributed by atoms with van der Waals surface area (Å²) < 4.78 is 0. The minimum absolute atomic E-state index is 0. The topological polar surface area (TPSA) is 0 Å². The Morgan fingerprint density at radius 1 is 1.00 bits per heavy atom. The predicted molar refractivity (Wildman–Crippen MR) is 27.2 cm³/mol. The van der Waals surface area contributed by atoms with E-state index in [-0.39, 0.29) is 59.3 Å². The molecule has 0 aromatic carbocycles. The molecule has 1 unspecified atom stereocenters. The van der Waals surface area contributed by atoms with Crippen molar-refractivity contribution in [3.63, 3.8) is 0 Å². The standard InChI is InChI=1S/Fe.Li.H3P.H2S/h;;1H3;1H2. The van der Waals surface area contributed by atoms with Crippen molar-refractivity contribution in [2.45, 2.75) is 0 Å². The Labute approximate surface area is 59.2 Å². The molecule has 0 aliphatic carbocycles. The summed E-state index contributed by atoms with van der Waals surface area (Å²) in [4.78, 5) is 0. The van der Waals surface area contributed by atoms with Crippen LogP contribution in [0.5, 0.6) is 0 Å². The zero-order valence-corrected chi connectivity index (χ0v) is 6.08. The minimum atomic E-state index is 0. The molecule has 4 heteroatoms. The maximum atomic E-state index is 0. The van der Waals surface area contributed by atoms with E-state index in [1.807, 2.05) is 0 Å². The first kappa shape index (κ1) is 39.3. The zero-order valence-electron chi connectivity index (χ0n) is 2.56. The first-order valence-corrected chi connectivity index (χ1v) is 0. The molecule has 0 N–H and O–H groups in total. The second-order valence-electron chi connectivity index (χ2n) is 0. The van der Waals surface area contributed by atoms with Crippen molar-refractivity contribution in [1.29, 1.82) is 0 Å². The summed E-state index contributed by atoms with van der Waals surface area (Å²) in [6.45, 7) is 0. The molecule has 0 saturated heterocycles. The van der Waals surface area contributed by atoms with Gasteiger partial charge in [0, 0.05) is 35.9 Å². The van der Waals surface area contributed by atoms with Gasteiger partial charge in [0.1, 0.15) is 0 Å². The second-order valence-corrected chi connectivity index (χ2v) is 0. The summed E-state index contributed by atoms with van der Waals surface area (Å²) in [5.41, 5.74) is 0. The van der Waals surface area contributed by atoms with Crippen LogP contribution in [0.15, 0.2) is 0 Å². The number of hydrogen-bond donors (Lipinski definition) is 0. The van der Waals surface area contributed by atoms with E-state index in [1.54, 1.807) is 0 Å². The van der Waals surface area contributed by atoms with E-state index in [2.05, 4.69) is 0 Å². The van der Waals surface area contributed by atoms with Gasteiger partial charge in [0.25, 0.3) is 0 Å². The summed E-state index contributed by atoms with van der Waals surface area (Å²) in [6, 6.07) is 0. The van der Waals surface area contributed by atoms with Gasteiger partial charge in [-0.25, -0.2) is 0 Å². The molecule has 0 saturated carbocycles. The summed E-state index contributed by atoms with van der Waals surface area (Å²) in [7, 11) is 0. The molecule has 0 aliphatic heterocycles. The van der Waals surface area contributed by atoms with Crippen molar-refractivity contribution in [2.75, 3.05) is 0 Å². The van der Waals surface area contributed by atoms with Crippen LogP contribution in [0, 0.1) is 0 Å². The van der Waals surface area contributed by atoms with E-state index in [0.29, 0.717) is 0 Å². The van der Waals surface area contributed by atoms with E-state index in [1.165, 1.54) is 0 Å². The Balaban J connectivity index is 0. The maximum Gasteiger partial charge on any atom is 0 e. The van der Waals surface area contributed by atoms with Crippen molar-refractivity contribution >= 4 is 42.3 Å². The normalized spacial score (nSPS) is 0. The smallest absolute Gasteiger partial charge is 0 e. The molecule has 4 heavy (non-hydrogen) atoms. The maximum absolute atomic E-state index is 0. The van der Waals surface area contributed by atoms with Gasteiger partial charge in [-0.2, -0.15) is 23.4 Å². The van der Waals surface area contributed by atoms with Crippen molar-refractivity contribution in [1.82, 2.24) is 0 Å². The molecule has 0 rings (SSSR count). The quantitative estimate of drug-likeness (QED) is 0.315. The van der Waals surface area contributed by atoms with Gasteiger partial charge in [-0.15, -0.1) is 0 Å². The van der Waals surface area contributed by atoms with E-state index in [9.17, 15) is 0 Å². The summed E-state index contributed by atoms with van der Waals surface area (Å²) in [5, 5.41) is 0. The fraction of sp³-hybridized carbons (Fsp3) is 0. The van der Waals surface area contributed by atoms with Gasteiger partial charge in [0.2, 0.25) is 0 Å². The molecule has 1 radical (unpaired) electrons. The average Bonchev–Trinajstić information content (AvgIpc) is 0. The van der Waals surface area contributed by atoms with Gasteiger partial charge in [-0.05, 0) is 0 Å². The van der Waals surface area contributed by atoms with Crippen LogP contribution in [0.1, 0.15) is 0 Å².